The molecule has 4 aliphatic carbocycles. The summed E-state index contributed by atoms with van der Waals surface area (Å²) >= 11 is 0. The highest BCUT2D eigenvalue weighted by molar-refractivity contribution is 6.07. The summed E-state index contributed by atoms with van der Waals surface area (Å²) in [5.74, 6) is -2.35. The molecule has 0 aliphatic heterocycles. The Labute approximate surface area is 236 Å². The summed E-state index contributed by atoms with van der Waals surface area (Å²) in [4.78, 5) is 13.7. The van der Waals surface area contributed by atoms with Crippen LogP contribution in [-0.4, -0.2) is 11.5 Å². The highest BCUT2D eigenvalue weighted by Gasteiger charge is 2.60. The zero-order valence-corrected chi connectivity index (χ0v) is 24.6. The van der Waals surface area contributed by atoms with E-state index in [9.17, 15) is 22.4 Å². The Morgan fingerprint density at radius 3 is 2.35 bits per heavy atom. The van der Waals surface area contributed by atoms with Crippen molar-refractivity contribution in [1.82, 2.24) is 0 Å². The molecule has 1 aromatic carbocycles. The molecule has 0 unspecified atom stereocenters. The predicted molar refractivity (Wildman–Crippen MR) is 151 cm³/mol. The first kappa shape index (κ1) is 29.3. The van der Waals surface area contributed by atoms with E-state index in [4.69, 9.17) is 0 Å². The van der Waals surface area contributed by atoms with Crippen LogP contribution in [0.5, 0.6) is 0 Å². The van der Waals surface area contributed by atoms with Gasteiger partial charge in [-0.05, 0) is 90.9 Å². The Morgan fingerprint density at radius 1 is 0.975 bits per heavy atom. The van der Waals surface area contributed by atoms with Crippen LogP contribution in [0.3, 0.4) is 0 Å². The normalized spacial score (nSPS) is 35.3. The van der Waals surface area contributed by atoms with E-state index in [1.54, 1.807) is 6.08 Å². The molecule has 0 saturated heterocycles. The van der Waals surface area contributed by atoms with Crippen LogP contribution in [0.25, 0.3) is 0 Å². The molecule has 3 saturated carbocycles. The molecule has 4 aliphatic rings. The maximum atomic E-state index is 14.1. The Hall–Kier alpha value is -2.18. The number of carbonyl (C=O) groups is 1. The molecule has 1 N–H and O–H groups in total. The minimum atomic E-state index is -1.53. The number of fused-ring (bicyclic) bond motifs is 5. The van der Waals surface area contributed by atoms with E-state index in [-0.39, 0.29) is 22.7 Å². The molecule has 7 heteroatoms. The Bertz CT molecular complexity index is 1200. The molecule has 40 heavy (non-hydrogen) atoms. The van der Waals surface area contributed by atoms with E-state index in [2.05, 4.69) is 45.1 Å². The Balaban J connectivity index is 1.34. The number of hydrogen-bond acceptors (Lipinski definition) is 3. The van der Waals surface area contributed by atoms with Crippen molar-refractivity contribution in [3.8, 4) is 0 Å². The van der Waals surface area contributed by atoms with Gasteiger partial charge in [0.25, 0.3) is 0 Å². The average Bonchev–Trinajstić information content (AvgIpc) is 3.25. The highest BCUT2D eigenvalue weighted by Crippen LogP contribution is 2.67. The van der Waals surface area contributed by atoms with Crippen LogP contribution in [-0.2, 0) is 4.79 Å². The number of benzene rings is 1. The number of Topliss-reactive ketones (excluding diaryl/α,β-unsaturated/α-hetero) is 1. The molecule has 0 radical (unpaired) electrons. The molecule has 5 rings (SSSR count). The van der Waals surface area contributed by atoms with Gasteiger partial charge in [-0.15, -0.1) is 0 Å². The highest BCUT2D eigenvalue weighted by atomic mass is 19.2. The van der Waals surface area contributed by atoms with Crippen molar-refractivity contribution >= 4 is 17.2 Å². The fourth-order valence-electron chi connectivity index (χ4n) is 9.31. The topological polar surface area (TPSA) is 41.5 Å². The number of carbonyl (C=O) groups excluding carboxylic acids is 1. The summed E-state index contributed by atoms with van der Waals surface area (Å²) in [6, 6.07) is 0.170. The van der Waals surface area contributed by atoms with E-state index in [1.165, 1.54) is 38.5 Å². The molecule has 3 fully saturated rings. The number of hydrazone groups is 1. The number of anilines is 1. The minimum Gasteiger partial charge on any atom is -0.295 e. The van der Waals surface area contributed by atoms with Crippen LogP contribution in [0.15, 0.2) is 22.8 Å². The van der Waals surface area contributed by atoms with E-state index >= 15 is 0 Å². The van der Waals surface area contributed by atoms with Gasteiger partial charge < -0.3 is 0 Å². The molecule has 7 atom stereocenters. The van der Waals surface area contributed by atoms with Crippen molar-refractivity contribution in [2.45, 2.75) is 98.8 Å². The lowest BCUT2D eigenvalue weighted by molar-refractivity contribution is -0.128. The molecule has 1 aromatic rings. The third kappa shape index (κ3) is 4.93. The van der Waals surface area contributed by atoms with Crippen LogP contribution >= 0.6 is 0 Å². The summed E-state index contributed by atoms with van der Waals surface area (Å²) < 4.78 is 55.4. The number of nitrogens with zero attached hydrogens (tertiary/aromatic N) is 1. The maximum Gasteiger partial charge on any atom is 0.186 e. The van der Waals surface area contributed by atoms with Gasteiger partial charge in [0, 0.05) is 18.1 Å². The summed E-state index contributed by atoms with van der Waals surface area (Å²) in [6.07, 6.45) is 12.2. The monoisotopic (exact) mass is 560 g/mol. The Morgan fingerprint density at radius 2 is 1.68 bits per heavy atom. The quantitative estimate of drug-likeness (QED) is 0.205. The van der Waals surface area contributed by atoms with Crippen LogP contribution < -0.4 is 5.43 Å². The third-order valence-electron chi connectivity index (χ3n) is 11.4. The van der Waals surface area contributed by atoms with Crippen molar-refractivity contribution in [3.05, 3.63) is 41.0 Å². The molecule has 3 nitrogen and oxygen atoms in total. The lowest BCUT2D eigenvalue weighted by Gasteiger charge is -2.58. The number of halogens is 4. The second-order valence-corrected chi connectivity index (χ2v) is 14.1. The first-order valence-corrected chi connectivity index (χ1v) is 15.3. The van der Waals surface area contributed by atoms with E-state index < -0.39 is 29.0 Å². The fraction of sp³-hybridized carbons (Fsp3) is 0.697. The van der Waals surface area contributed by atoms with E-state index in [1.807, 2.05) is 0 Å². The summed E-state index contributed by atoms with van der Waals surface area (Å²) in [5, 5.41) is 4.07. The second-order valence-electron chi connectivity index (χ2n) is 14.1. The van der Waals surface area contributed by atoms with Crippen LogP contribution in [0.4, 0.5) is 23.2 Å². The Kier molecular flexibility index (Phi) is 7.99. The van der Waals surface area contributed by atoms with Crippen LogP contribution in [0, 0.1) is 69.6 Å². The van der Waals surface area contributed by atoms with Gasteiger partial charge >= 0.3 is 0 Å². The number of hydrogen-bond donors (Lipinski definition) is 1. The number of ketones is 1. The van der Waals surface area contributed by atoms with E-state index in [0.717, 1.165) is 23.8 Å². The van der Waals surface area contributed by atoms with Gasteiger partial charge in [0.05, 0.1) is 5.71 Å². The smallest absolute Gasteiger partial charge is 0.186 e. The lowest BCUT2D eigenvalue weighted by Crippen LogP contribution is -2.53. The zero-order chi connectivity index (χ0) is 29.0. The number of allylic oxidation sites excluding steroid dienone is 2. The molecule has 0 aromatic heterocycles. The van der Waals surface area contributed by atoms with E-state index in [0.29, 0.717) is 48.6 Å². The molecule has 0 spiro atoms. The van der Waals surface area contributed by atoms with Gasteiger partial charge in [-0.2, -0.15) is 5.10 Å². The first-order valence-electron chi connectivity index (χ1n) is 15.3. The fourth-order valence-corrected chi connectivity index (χ4v) is 9.31. The summed E-state index contributed by atoms with van der Waals surface area (Å²) in [7, 11) is 0. The number of nitrogens with one attached hydrogen (secondary N) is 1. The minimum absolute atomic E-state index is 0.142. The van der Waals surface area contributed by atoms with Gasteiger partial charge in [-0.3, -0.25) is 10.2 Å². The van der Waals surface area contributed by atoms with Gasteiger partial charge in [0.2, 0.25) is 0 Å². The van der Waals surface area contributed by atoms with Gasteiger partial charge in [-0.1, -0.05) is 53.9 Å². The molecule has 0 heterocycles. The van der Waals surface area contributed by atoms with Crippen molar-refractivity contribution in [1.29, 1.82) is 0 Å². The second kappa shape index (κ2) is 10.9. The van der Waals surface area contributed by atoms with Crippen molar-refractivity contribution < 1.29 is 22.4 Å². The maximum absolute atomic E-state index is 14.1. The molecule has 0 bridgehead atoms. The van der Waals surface area contributed by atoms with Gasteiger partial charge in [0.15, 0.2) is 29.1 Å². The summed E-state index contributed by atoms with van der Waals surface area (Å²) in [5.41, 5.74) is 2.45. The SMILES string of the molecule is CC(C)CCC[C@@H](C)[C@H]1CC[C@H]2[C@@H]3CC(=O)C4=C/C(=N/Nc5c(F)c(F)cc(F)c5F)CC[C@]4(C)[C@H]3CC[C@]12C. The van der Waals surface area contributed by atoms with Crippen LogP contribution in [0.2, 0.25) is 0 Å². The zero-order valence-electron chi connectivity index (χ0n) is 24.6. The van der Waals surface area contributed by atoms with Crippen molar-refractivity contribution in [3.63, 3.8) is 0 Å². The van der Waals surface area contributed by atoms with Gasteiger partial charge in [-0.25, -0.2) is 17.6 Å². The van der Waals surface area contributed by atoms with Crippen LogP contribution in [0.1, 0.15) is 98.8 Å². The molecular formula is C33H44F4N2O. The molecule has 220 valence electrons. The number of rotatable bonds is 7. The van der Waals surface area contributed by atoms with Crippen molar-refractivity contribution in [2.75, 3.05) is 5.43 Å². The average molecular weight is 561 g/mol. The first-order chi connectivity index (χ1) is 18.9. The predicted octanol–water partition coefficient (Wildman–Crippen LogP) is 9.23. The standard InChI is InChI=1S/C33H44F4N2O/c1-18(2)7-6-8-19(3)22-9-10-23-21-16-28(40)25-15-20(11-13-33(25,5)24(21)12-14-32(22,23)4)38-39-31-29(36)26(34)17-27(35)30(31)37/h15,17-19,21-24,39H,6-14,16H2,1-5H3/b38-20+/t19-,21+,22-,23+,24+,32-,33-/m1/s1. The third-order valence-corrected chi connectivity index (χ3v) is 11.4. The molecular weight excluding hydrogens is 516 g/mol. The van der Waals surface area contributed by atoms with Crippen molar-refractivity contribution in [2.24, 2.45) is 51.4 Å². The largest absolute Gasteiger partial charge is 0.295 e. The molecule has 0 amide bonds. The summed E-state index contributed by atoms with van der Waals surface area (Å²) in [6.45, 7) is 11.8. The van der Waals surface area contributed by atoms with Gasteiger partial charge in [0.1, 0.15) is 5.69 Å². The lowest BCUT2D eigenvalue weighted by atomic mass is 9.46.